The van der Waals surface area contributed by atoms with Crippen molar-refractivity contribution in [3.63, 3.8) is 0 Å². The molecule has 2 aromatic carbocycles. The van der Waals surface area contributed by atoms with Crippen LogP contribution in [-0.2, 0) is 0 Å². The number of hydrogen-bond acceptors (Lipinski definition) is 5. The quantitative estimate of drug-likeness (QED) is 0.753. The van der Waals surface area contributed by atoms with Gasteiger partial charge in [0.2, 0.25) is 0 Å². The summed E-state index contributed by atoms with van der Waals surface area (Å²) in [6, 6.07) is 12.3. The Morgan fingerprint density at radius 1 is 0.875 bits per heavy atom. The number of amides is 1. The van der Waals surface area contributed by atoms with Crippen molar-refractivity contribution in [1.29, 1.82) is 0 Å². The van der Waals surface area contributed by atoms with Gasteiger partial charge in [0.1, 0.15) is 18.1 Å². The average molecular weight is 331 g/mol. The maximum atomic E-state index is 12.1. The van der Waals surface area contributed by atoms with Crippen molar-refractivity contribution in [1.82, 2.24) is 5.32 Å². The van der Waals surface area contributed by atoms with Crippen molar-refractivity contribution >= 4 is 5.91 Å². The molecule has 6 nitrogen and oxygen atoms in total. The molecule has 0 spiro atoms. The van der Waals surface area contributed by atoms with E-state index in [9.17, 15) is 4.79 Å². The van der Waals surface area contributed by atoms with Crippen molar-refractivity contribution in [2.75, 3.05) is 34.5 Å². The fraction of sp³-hybridized carbons (Fsp3) is 0.278. The summed E-state index contributed by atoms with van der Waals surface area (Å²) in [6.45, 7) is 0.755. The summed E-state index contributed by atoms with van der Waals surface area (Å²) >= 11 is 0. The van der Waals surface area contributed by atoms with Crippen LogP contribution in [0.3, 0.4) is 0 Å². The molecule has 2 rings (SSSR count). The standard InChI is InChI=1S/C18H21NO5/c1-21-14-5-7-15(8-6-14)24-11-10-19-18(20)13-4-9-16(22-2)17(12-13)23-3/h4-9,12H,10-11H2,1-3H3,(H,19,20). The highest BCUT2D eigenvalue weighted by Gasteiger charge is 2.10. The van der Waals surface area contributed by atoms with Gasteiger partial charge in [0, 0.05) is 5.56 Å². The second-order valence-electron chi connectivity index (χ2n) is 4.85. The summed E-state index contributed by atoms with van der Waals surface area (Å²) in [7, 11) is 4.69. The second-order valence-corrected chi connectivity index (χ2v) is 4.85. The third-order valence-electron chi connectivity index (χ3n) is 3.36. The largest absolute Gasteiger partial charge is 0.497 e. The number of carbonyl (C=O) groups excluding carboxylic acids is 1. The van der Waals surface area contributed by atoms with E-state index in [1.54, 1.807) is 32.4 Å². The molecule has 128 valence electrons. The predicted molar refractivity (Wildman–Crippen MR) is 90.4 cm³/mol. The Labute approximate surface area is 141 Å². The Hall–Kier alpha value is -2.89. The number of carbonyl (C=O) groups is 1. The Morgan fingerprint density at radius 2 is 1.54 bits per heavy atom. The van der Waals surface area contributed by atoms with E-state index in [1.165, 1.54) is 7.11 Å². The second kappa shape index (κ2) is 8.67. The lowest BCUT2D eigenvalue weighted by Gasteiger charge is -2.11. The van der Waals surface area contributed by atoms with Gasteiger partial charge in [0.05, 0.1) is 27.9 Å². The van der Waals surface area contributed by atoms with E-state index < -0.39 is 0 Å². The van der Waals surface area contributed by atoms with Gasteiger partial charge in [0.25, 0.3) is 5.91 Å². The molecule has 0 aromatic heterocycles. The molecule has 0 aliphatic carbocycles. The van der Waals surface area contributed by atoms with E-state index in [4.69, 9.17) is 18.9 Å². The van der Waals surface area contributed by atoms with E-state index in [1.807, 2.05) is 24.3 Å². The average Bonchev–Trinajstić information content (AvgIpc) is 2.64. The molecule has 0 unspecified atom stereocenters. The summed E-state index contributed by atoms with van der Waals surface area (Å²) in [4.78, 5) is 12.1. The van der Waals surface area contributed by atoms with Crippen LogP contribution in [0.15, 0.2) is 42.5 Å². The predicted octanol–water partition coefficient (Wildman–Crippen LogP) is 2.52. The molecule has 6 heteroatoms. The van der Waals surface area contributed by atoms with Crippen molar-refractivity contribution in [3.8, 4) is 23.0 Å². The first-order valence-corrected chi connectivity index (χ1v) is 7.45. The molecule has 1 N–H and O–H groups in total. The number of benzene rings is 2. The molecule has 0 atom stereocenters. The summed E-state index contributed by atoms with van der Waals surface area (Å²) < 4.78 is 21.0. The highest BCUT2D eigenvalue weighted by Crippen LogP contribution is 2.27. The Morgan fingerprint density at radius 3 is 2.17 bits per heavy atom. The maximum absolute atomic E-state index is 12.1. The minimum atomic E-state index is -0.200. The number of nitrogens with one attached hydrogen (secondary N) is 1. The van der Waals surface area contributed by atoms with Gasteiger partial charge in [0.15, 0.2) is 11.5 Å². The van der Waals surface area contributed by atoms with Crippen LogP contribution < -0.4 is 24.3 Å². The van der Waals surface area contributed by atoms with E-state index in [-0.39, 0.29) is 5.91 Å². The molecule has 0 radical (unpaired) electrons. The number of methoxy groups -OCH3 is 3. The van der Waals surface area contributed by atoms with Gasteiger partial charge in [-0.3, -0.25) is 4.79 Å². The third-order valence-corrected chi connectivity index (χ3v) is 3.36. The minimum Gasteiger partial charge on any atom is -0.497 e. The topological polar surface area (TPSA) is 66.0 Å². The molecular weight excluding hydrogens is 310 g/mol. The molecular formula is C18H21NO5. The maximum Gasteiger partial charge on any atom is 0.251 e. The first-order valence-electron chi connectivity index (χ1n) is 7.45. The van der Waals surface area contributed by atoms with Gasteiger partial charge in [-0.25, -0.2) is 0 Å². The molecule has 0 bridgehead atoms. The van der Waals surface area contributed by atoms with Gasteiger partial charge >= 0.3 is 0 Å². The molecule has 2 aromatic rings. The SMILES string of the molecule is COc1ccc(OCCNC(=O)c2ccc(OC)c(OC)c2)cc1. The van der Waals surface area contributed by atoms with Crippen LogP contribution >= 0.6 is 0 Å². The summed E-state index contributed by atoms with van der Waals surface area (Å²) in [5.74, 6) is 2.38. The summed E-state index contributed by atoms with van der Waals surface area (Å²) in [6.07, 6.45) is 0. The van der Waals surface area contributed by atoms with Crippen LogP contribution in [0.4, 0.5) is 0 Å². The Kier molecular flexibility index (Phi) is 6.31. The van der Waals surface area contributed by atoms with E-state index in [0.717, 1.165) is 11.5 Å². The van der Waals surface area contributed by atoms with Gasteiger partial charge in [-0.05, 0) is 42.5 Å². The zero-order chi connectivity index (χ0) is 17.4. The van der Waals surface area contributed by atoms with Crippen LogP contribution in [0.2, 0.25) is 0 Å². The van der Waals surface area contributed by atoms with Gasteiger partial charge in [-0.15, -0.1) is 0 Å². The number of ether oxygens (including phenoxy) is 4. The van der Waals surface area contributed by atoms with Crippen molar-refractivity contribution in [2.24, 2.45) is 0 Å². The molecule has 0 aliphatic heterocycles. The van der Waals surface area contributed by atoms with Gasteiger partial charge in [-0.2, -0.15) is 0 Å². The number of hydrogen-bond donors (Lipinski definition) is 1. The van der Waals surface area contributed by atoms with Crippen LogP contribution in [0.25, 0.3) is 0 Å². The van der Waals surface area contributed by atoms with Crippen molar-refractivity contribution in [2.45, 2.75) is 0 Å². The zero-order valence-electron chi connectivity index (χ0n) is 14.0. The molecule has 0 aliphatic rings. The lowest BCUT2D eigenvalue weighted by atomic mass is 10.2. The lowest BCUT2D eigenvalue weighted by Crippen LogP contribution is -2.28. The van der Waals surface area contributed by atoms with Crippen LogP contribution in [0, 0.1) is 0 Å². The molecule has 0 heterocycles. The monoisotopic (exact) mass is 331 g/mol. The molecule has 0 saturated heterocycles. The zero-order valence-corrected chi connectivity index (χ0v) is 14.0. The third kappa shape index (κ3) is 4.55. The van der Waals surface area contributed by atoms with Crippen molar-refractivity contribution < 1.29 is 23.7 Å². The normalized spacial score (nSPS) is 9.96. The van der Waals surface area contributed by atoms with Crippen LogP contribution in [0.1, 0.15) is 10.4 Å². The molecule has 0 saturated carbocycles. The first kappa shape index (κ1) is 17.5. The van der Waals surface area contributed by atoms with E-state index in [0.29, 0.717) is 30.2 Å². The molecule has 24 heavy (non-hydrogen) atoms. The molecule has 1 amide bonds. The molecule has 0 fully saturated rings. The Bertz CT molecular complexity index is 670. The van der Waals surface area contributed by atoms with E-state index in [2.05, 4.69) is 5.32 Å². The Balaban J connectivity index is 1.82. The minimum absolute atomic E-state index is 0.200. The van der Waals surface area contributed by atoms with E-state index >= 15 is 0 Å². The highest BCUT2D eigenvalue weighted by molar-refractivity contribution is 5.94. The number of rotatable bonds is 8. The smallest absolute Gasteiger partial charge is 0.251 e. The summed E-state index contributed by atoms with van der Waals surface area (Å²) in [5.41, 5.74) is 0.497. The highest BCUT2D eigenvalue weighted by atomic mass is 16.5. The van der Waals surface area contributed by atoms with Crippen LogP contribution in [-0.4, -0.2) is 40.4 Å². The van der Waals surface area contributed by atoms with Gasteiger partial charge < -0.3 is 24.3 Å². The van der Waals surface area contributed by atoms with Crippen molar-refractivity contribution in [3.05, 3.63) is 48.0 Å². The van der Waals surface area contributed by atoms with Crippen LogP contribution in [0.5, 0.6) is 23.0 Å². The van der Waals surface area contributed by atoms with Gasteiger partial charge in [-0.1, -0.05) is 0 Å². The summed E-state index contributed by atoms with van der Waals surface area (Å²) in [5, 5.41) is 2.80. The fourth-order valence-electron chi connectivity index (χ4n) is 2.08. The fourth-order valence-corrected chi connectivity index (χ4v) is 2.08. The lowest BCUT2D eigenvalue weighted by molar-refractivity contribution is 0.0946. The first-order chi connectivity index (χ1) is 11.7.